The molecule has 2 nitrogen and oxygen atoms in total. The van der Waals surface area contributed by atoms with E-state index in [2.05, 4.69) is 0 Å². The van der Waals surface area contributed by atoms with E-state index < -0.39 is 0 Å². The van der Waals surface area contributed by atoms with E-state index in [-0.39, 0.29) is 11.9 Å². The molecular formula is C16H16FNO. The van der Waals surface area contributed by atoms with Crippen molar-refractivity contribution in [3.63, 3.8) is 0 Å². The molecule has 0 saturated heterocycles. The summed E-state index contributed by atoms with van der Waals surface area (Å²) in [6, 6.07) is 11.3. The van der Waals surface area contributed by atoms with Gasteiger partial charge < -0.3 is 10.5 Å². The number of ether oxygens (including phenoxy) is 1. The molecule has 0 saturated carbocycles. The Bertz CT molecular complexity index is 624. The normalized spacial score (nSPS) is 17.1. The number of halogens is 1. The Morgan fingerprint density at radius 2 is 2.00 bits per heavy atom. The van der Waals surface area contributed by atoms with Crippen molar-refractivity contribution in [2.45, 2.75) is 19.4 Å². The van der Waals surface area contributed by atoms with Crippen molar-refractivity contribution in [2.24, 2.45) is 5.73 Å². The quantitative estimate of drug-likeness (QED) is 0.897. The second-order valence-corrected chi connectivity index (χ2v) is 4.90. The lowest BCUT2D eigenvalue weighted by molar-refractivity contribution is 0.242. The van der Waals surface area contributed by atoms with Crippen molar-refractivity contribution in [2.75, 3.05) is 6.54 Å². The number of hydrogen-bond donors (Lipinski definition) is 1. The van der Waals surface area contributed by atoms with Crippen molar-refractivity contribution in [3.8, 4) is 16.9 Å². The lowest BCUT2D eigenvalue weighted by atomic mass is 9.97. The standard InChI is InChI=1S/C16H16FNO/c1-10-4-2-3-5-12(10)13-6-7-15(17)14-8-11(9-18)19-16(13)14/h2-7,11H,8-9,18H2,1H3/t11-/m0/s1. The molecule has 1 aliphatic heterocycles. The van der Waals surface area contributed by atoms with Crippen molar-refractivity contribution < 1.29 is 9.13 Å². The van der Waals surface area contributed by atoms with Gasteiger partial charge in [0.25, 0.3) is 0 Å². The molecule has 0 unspecified atom stereocenters. The summed E-state index contributed by atoms with van der Waals surface area (Å²) in [5, 5.41) is 0. The van der Waals surface area contributed by atoms with E-state index in [1.54, 1.807) is 6.07 Å². The summed E-state index contributed by atoms with van der Waals surface area (Å²) in [5.74, 6) is 0.452. The highest BCUT2D eigenvalue weighted by Crippen LogP contribution is 2.40. The van der Waals surface area contributed by atoms with Gasteiger partial charge in [0.05, 0.1) is 0 Å². The van der Waals surface area contributed by atoms with Gasteiger partial charge in [-0.05, 0) is 30.2 Å². The molecule has 0 aromatic heterocycles. The molecule has 19 heavy (non-hydrogen) atoms. The molecule has 0 fully saturated rings. The number of hydrogen-bond acceptors (Lipinski definition) is 2. The van der Waals surface area contributed by atoms with E-state index in [9.17, 15) is 4.39 Å². The fourth-order valence-electron chi connectivity index (χ4n) is 2.58. The summed E-state index contributed by atoms with van der Waals surface area (Å²) < 4.78 is 19.7. The summed E-state index contributed by atoms with van der Waals surface area (Å²) in [4.78, 5) is 0. The number of aryl methyl sites for hydroxylation is 1. The minimum Gasteiger partial charge on any atom is -0.488 e. The van der Waals surface area contributed by atoms with Crippen LogP contribution in [-0.4, -0.2) is 12.6 Å². The minimum absolute atomic E-state index is 0.116. The molecule has 1 heterocycles. The number of nitrogens with two attached hydrogens (primary N) is 1. The predicted molar refractivity (Wildman–Crippen MR) is 73.7 cm³/mol. The molecule has 2 aromatic carbocycles. The van der Waals surface area contributed by atoms with Crippen LogP contribution in [0.2, 0.25) is 0 Å². The van der Waals surface area contributed by atoms with Gasteiger partial charge in [0.1, 0.15) is 17.7 Å². The number of rotatable bonds is 2. The molecule has 0 amide bonds. The predicted octanol–water partition coefficient (Wildman–Crippen LogP) is 3.06. The largest absolute Gasteiger partial charge is 0.488 e. The Hall–Kier alpha value is -1.87. The van der Waals surface area contributed by atoms with Crippen LogP contribution in [0.15, 0.2) is 36.4 Å². The summed E-state index contributed by atoms with van der Waals surface area (Å²) in [6.45, 7) is 2.45. The molecule has 0 aliphatic carbocycles. The van der Waals surface area contributed by atoms with Gasteiger partial charge in [-0.15, -0.1) is 0 Å². The van der Waals surface area contributed by atoms with Crippen LogP contribution in [0.1, 0.15) is 11.1 Å². The van der Waals surface area contributed by atoms with Crippen LogP contribution in [-0.2, 0) is 6.42 Å². The molecule has 98 valence electrons. The zero-order valence-electron chi connectivity index (χ0n) is 10.8. The van der Waals surface area contributed by atoms with Gasteiger partial charge in [0, 0.05) is 24.1 Å². The molecule has 0 bridgehead atoms. The van der Waals surface area contributed by atoms with Gasteiger partial charge in [-0.3, -0.25) is 0 Å². The third-order valence-electron chi connectivity index (χ3n) is 3.62. The maximum atomic E-state index is 13.9. The number of fused-ring (bicyclic) bond motifs is 1. The van der Waals surface area contributed by atoms with Crippen molar-refractivity contribution in [1.29, 1.82) is 0 Å². The molecule has 0 spiro atoms. The highest BCUT2D eigenvalue weighted by atomic mass is 19.1. The van der Waals surface area contributed by atoms with E-state index in [0.29, 0.717) is 24.3 Å². The highest BCUT2D eigenvalue weighted by Gasteiger charge is 2.28. The molecule has 2 aromatic rings. The third-order valence-corrected chi connectivity index (χ3v) is 3.62. The Morgan fingerprint density at radius 1 is 1.21 bits per heavy atom. The van der Waals surface area contributed by atoms with E-state index in [4.69, 9.17) is 10.5 Å². The first kappa shape index (κ1) is 12.2. The Kier molecular flexibility index (Phi) is 2.99. The van der Waals surface area contributed by atoms with Gasteiger partial charge in [0.2, 0.25) is 0 Å². The molecule has 0 radical (unpaired) electrons. The zero-order valence-corrected chi connectivity index (χ0v) is 10.8. The van der Waals surface area contributed by atoms with Gasteiger partial charge >= 0.3 is 0 Å². The molecule has 1 aliphatic rings. The number of benzene rings is 2. The summed E-state index contributed by atoms with van der Waals surface area (Å²) >= 11 is 0. The van der Waals surface area contributed by atoms with Crippen molar-refractivity contribution in [1.82, 2.24) is 0 Å². The fourth-order valence-corrected chi connectivity index (χ4v) is 2.58. The van der Waals surface area contributed by atoms with Crippen LogP contribution >= 0.6 is 0 Å². The smallest absolute Gasteiger partial charge is 0.133 e. The average molecular weight is 257 g/mol. The van der Waals surface area contributed by atoms with Crippen LogP contribution < -0.4 is 10.5 Å². The molecule has 3 rings (SSSR count). The minimum atomic E-state index is -0.205. The lowest BCUT2D eigenvalue weighted by Crippen LogP contribution is -2.24. The summed E-state index contributed by atoms with van der Waals surface area (Å²) in [7, 11) is 0. The van der Waals surface area contributed by atoms with Gasteiger partial charge in [-0.2, -0.15) is 0 Å². The fraction of sp³-hybridized carbons (Fsp3) is 0.250. The van der Waals surface area contributed by atoms with E-state index in [1.807, 2.05) is 31.2 Å². The van der Waals surface area contributed by atoms with E-state index in [0.717, 1.165) is 16.7 Å². The molecule has 3 heteroatoms. The highest BCUT2D eigenvalue weighted by molar-refractivity contribution is 5.75. The molecular weight excluding hydrogens is 241 g/mol. The second kappa shape index (κ2) is 4.67. The monoisotopic (exact) mass is 257 g/mol. The summed E-state index contributed by atoms with van der Waals surface area (Å²) in [6.07, 6.45) is 0.437. The lowest BCUT2D eigenvalue weighted by Gasteiger charge is -2.12. The van der Waals surface area contributed by atoms with Gasteiger partial charge in [-0.1, -0.05) is 24.3 Å². The topological polar surface area (TPSA) is 35.2 Å². The Balaban J connectivity index is 2.16. The SMILES string of the molecule is Cc1ccccc1-c1ccc(F)c2c1O[C@H](CN)C2. The zero-order chi connectivity index (χ0) is 13.4. The van der Waals surface area contributed by atoms with Gasteiger partial charge in [-0.25, -0.2) is 4.39 Å². The van der Waals surface area contributed by atoms with E-state index >= 15 is 0 Å². The second-order valence-electron chi connectivity index (χ2n) is 4.90. The van der Waals surface area contributed by atoms with Crippen LogP contribution in [0.4, 0.5) is 4.39 Å². The van der Waals surface area contributed by atoms with Crippen LogP contribution in [0, 0.1) is 12.7 Å². The van der Waals surface area contributed by atoms with Crippen molar-refractivity contribution in [3.05, 3.63) is 53.3 Å². The van der Waals surface area contributed by atoms with E-state index in [1.165, 1.54) is 6.07 Å². The van der Waals surface area contributed by atoms with Crippen LogP contribution in [0.25, 0.3) is 11.1 Å². The summed E-state index contributed by atoms with van der Waals surface area (Å²) in [5.41, 5.74) is 9.46. The average Bonchev–Trinajstić information content (AvgIpc) is 2.85. The van der Waals surface area contributed by atoms with Crippen LogP contribution in [0.5, 0.6) is 5.75 Å². The molecule has 1 atom stereocenters. The Morgan fingerprint density at radius 3 is 2.74 bits per heavy atom. The van der Waals surface area contributed by atoms with Crippen molar-refractivity contribution >= 4 is 0 Å². The first-order valence-corrected chi connectivity index (χ1v) is 6.45. The first-order valence-electron chi connectivity index (χ1n) is 6.45. The maximum Gasteiger partial charge on any atom is 0.133 e. The third kappa shape index (κ3) is 2.00. The maximum absolute atomic E-state index is 13.9. The first-order chi connectivity index (χ1) is 9.20. The van der Waals surface area contributed by atoms with Crippen LogP contribution in [0.3, 0.4) is 0 Å². The van der Waals surface area contributed by atoms with Gasteiger partial charge in [0.15, 0.2) is 0 Å². The molecule has 2 N–H and O–H groups in total. The Labute approximate surface area is 112 Å².